The van der Waals surface area contributed by atoms with Gasteiger partial charge in [-0.3, -0.25) is 4.79 Å². The molecule has 0 aliphatic heterocycles. The highest BCUT2D eigenvalue weighted by atomic mass is 16.4. The number of hydrogen-bond acceptors (Lipinski definition) is 4. The number of aryl methyl sites for hydroxylation is 1. The van der Waals surface area contributed by atoms with Crippen LogP contribution < -0.4 is 5.32 Å². The quantitative estimate of drug-likeness (QED) is 0.853. The monoisotopic (exact) mass is 301 g/mol. The largest absolute Gasteiger partial charge is 0.421 e. The highest BCUT2D eigenvalue weighted by Crippen LogP contribution is 2.18. The van der Waals surface area contributed by atoms with Crippen molar-refractivity contribution >= 4 is 5.91 Å². The topological polar surface area (TPSA) is 68.0 Å². The van der Waals surface area contributed by atoms with Gasteiger partial charge in [0, 0.05) is 24.4 Å². The van der Waals surface area contributed by atoms with Gasteiger partial charge in [0.2, 0.25) is 17.7 Å². The molecule has 22 heavy (non-hydrogen) atoms. The van der Waals surface area contributed by atoms with E-state index in [-0.39, 0.29) is 11.8 Å². The molecular weight excluding hydrogens is 278 g/mol. The minimum atomic E-state index is 0.0887. The summed E-state index contributed by atoms with van der Waals surface area (Å²) >= 11 is 0. The van der Waals surface area contributed by atoms with Crippen LogP contribution in [0.15, 0.2) is 28.7 Å². The third kappa shape index (κ3) is 4.16. The fraction of sp³-hybridized carbons (Fsp3) is 0.471. The number of nitrogens with zero attached hydrogens (tertiary/aromatic N) is 2. The summed E-state index contributed by atoms with van der Waals surface area (Å²) in [6.07, 6.45) is 2.27. The van der Waals surface area contributed by atoms with E-state index < -0.39 is 0 Å². The first kappa shape index (κ1) is 16.2. The second kappa shape index (κ2) is 7.73. The third-order valence-corrected chi connectivity index (χ3v) is 3.76. The van der Waals surface area contributed by atoms with Crippen molar-refractivity contribution in [2.75, 3.05) is 6.54 Å². The predicted octanol–water partition coefficient (Wildman–Crippen LogP) is 3.14. The SMILES string of the molecule is CCC(CC)C(=O)NCCc1nnc(-c2ccc(C)cc2)o1. The van der Waals surface area contributed by atoms with Gasteiger partial charge in [0.15, 0.2) is 0 Å². The Morgan fingerprint density at radius 3 is 2.50 bits per heavy atom. The van der Waals surface area contributed by atoms with E-state index in [1.807, 2.05) is 45.0 Å². The van der Waals surface area contributed by atoms with Gasteiger partial charge in [0.25, 0.3) is 0 Å². The molecule has 0 fully saturated rings. The van der Waals surface area contributed by atoms with Crippen LogP contribution in [0.25, 0.3) is 11.5 Å². The summed E-state index contributed by atoms with van der Waals surface area (Å²) < 4.78 is 5.63. The molecule has 0 bridgehead atoms. The molecule has 1 N–H and O–H groups in total. The molecule has 1 aromatic heterocycles. The van der Waals surface area contributed by atoms with Gasteiger partial charge in [-0.05, 0) is 31.9 Å². The fourth-order valence-electron chi connectivity index (χ4n) is 2.26. The van der Waals surface area contributed by atoms with Crippen LogP contribution in [0, 0.1) is 12.8 Å². The van der Waals surface area contributed by atoms with Gasteiger partial charge in [0.1, 0.15) is 0 Å². The van der Waals surface area contributed by atoms with E-state index in [2.05, 4.69) is 15.5 Å². The minimum absolute atomic E-state index is 0.0887. The van der Waals surface area contributed by atoms with E-state index >= 15 is 0 Å². The Labute approximate surface area is 131 Å². The van der Waals surface area contributed by atoms with E-state index in [0.717, 1.165) is 18.4 Å². The van der Waals surface area contributed by atoms with Gasteiger partial charge in [0.05, 0.1) is 0 Å². The van der Waals surface area contributed by atoms with Crippen molar-refractivity contribution < 1.29 is 9.21 Å². The Hall–Kier alpha value is -2.17. The highest BCUT2D eigenvalue weighted by Gasteiger charge is 2.14. The summed E-state index contributed by atoms with van der Waals surface area (Å²) in [5, 5.41) is 11.0. The molecule has 0 aliphatic carbocycles. The standard InChI is InChI=1S/C17H23N3O2/c1-4-13(5-2)16(21)18-11-10-15-19-20-17(22-15)14-8-6-12(3)7-9-14/h6-9,13H,4-5,10-11H2,1-3H3,(H,18,21). The molecule has 1 amide bonds. The van der Waals surface area contributed by atoms with Crippen LogP contribution in [-0.4, -0.2) is 22.6 Å². The molecule has 0 saturated heterocycles. The predicted molar refractivity (Wildman–Crippen MR) is 85.3 cm³/mol. The van der Waals surface area contributed by atoms with Gasteiger partial charge in [-0.25, -0.2) is 0 Å². The lowest BCUT2D eigenvalue weighted by Crippen LogP contribution is -2.31. The molecule has 0 unspecified atom stereocenters. The van der Waals surface area contributed by atoms with Crippen LogP contribution in [0.2, 0.25) is 0 Å². The molecule has 0 atom stereocenters. The summed E-state index contributed by atoms with van der Waals surface area (Å²) in [4.78, 5) is 11.9. The van der Waals surface area contributed by atoms with E-state index in [9.17, 15) is 4.79 Å². The molecule has 5 heteroatoms. The van der Waals surface area contributed by atoms with Crippen molar-refractivity contribution in [1.29, 1.82) is 0 Å². The van der Waals surface area contributed by atoms with Crippen LogP contribution in [0.4, 0.5) is 0 Å². The molecule has 5 nitrogen and oxygen atoms in total. The minimum Gasteiger partial charge on any atom is -0.421 e. The first-order valence-electron chi connectivity index (χ1n) is 7.81. The Morgan fingerprint density at radius 1 is 1.18 bits per heavy atom. The van der Waals surface area contributed by atoms with Gasteiger partial charge >= 0.3 is 0 Å². The maximum absolute atomic E-state index is 11.9. The van der Waals surface area contributed by atoms with E-state index in [1.54, 1.807) is 0 Å². The molecule has 0 spiro atoms. The molecule has 0 radical (unpaired) electrons. The van der Waals surface area contributed by atoms with E-state index in [1.165, 1.54) is 5.56 Å². The van der Waals surface area contributed by atoms with Gasteiger partial charge in [-0.1, -0.05) is 31.5 Å². The summed E-state index contributed by atoms with van der Waals surface area (Å²) in [5.41, 5.74) is 2.10. The number of hydrogen-bond donors (Lipinski definition) is 1. The number of aromatic nitrogens is 2. The molecule has 118 valence electrons. The number of benzene rings is 1. The number of carbonyl (C=O) groups is 1. The first-order chi connectivity index (χ1) is 10.6. The zero-order chi connectivity index (χ0) is 15.9. The summed E-state index contributed by atoms with van der Waals surface area (Å²) in [6, 6.07) is 7.94. The van der Waals surface area contributed by atoms with Gasteiger partial charge in [-0.15, -0.1) is 10.2 Å². The molecular formula is C17H23N3O2. The van der Waals surface area contributed by atoms with Crippen molar-refractivity contribution in [3.8, 4) is 11.5 Å². The lowest BCUT2D eigenvalue weighted by atomic mass is 10.0. The van der Waals surface area contributed by atoms with Crippen LogP contribution in [0.5, 0.6) is 0 Å². The molecule has 0 saturated carbocycles. The Morgan fingerprint density at radius 2 is 1.86 bits per heavy atom. The Bertz CT molecular complexity index is 601. The van der Waals surface area contributed by atoms with Crippen LogP contribution in [-0.2, 0) is 11.2 Å². The highest BCUT2D eigenvalue weighted by molar-refractivity contribution is 5.78. The first-order valence-corrected chi connectivity index (χ1v) is 7.81. The number of carbonyl (C=O) groups excluding carboxylic acids is 1. The number of amides is 1. The maximum atomic E-state index is 11.9. The van der Waals surface area contributed by atoms with Crippen molar-refractivity contribution in [3.05, 3.63) is 35.7 Å². The van der Waals surface area contributed by atoms with E-state index in [4.69, 9.17) is 4.42 Å². The number of nitrogens with one attached hydrogen (secondary N) is 1. The fourth-order valence-corrected chi connectivity index (χ4v) is 2.26. The molecule has 1 heterocycles. The summed E-state index contributed by atoms with van der Waals surface area (Å²) in [5.74, 6) is 1.25. The Balaban J connectivity index is 1.87. The van der Waals surface area contributed by atoms with Crippen LogP contribution >= 0.6 is 0 Å². The smallest absolute Gasteiger partial charge is 0.247 e. The van der Waals surface area contributed by atoms with Crippen molar-refractivity contribution in [2.24, 2.45) is 5.92 Å². The number of rotatable bonds is 7. The maximum Gasteiger partial charge on any atom is 0.247 e. The van der Waals surface area contributed by atoms with Crippen LogP contribution in [0.3, 0.4) is 0 Å². The third-order valence-electron chi connectivity index (χ3n) is 3.76. The molecule has 1 aromatic carbocycles. The molecule has 2 aromatic rings. The van der Waals surface area contributed by atoms with Gasteiger partial charge < -0.3 is 9.73 Å². The second-order valence-corrected chi connectivity index (χ2v) is 5.42. The van der Waals surface area contributed by atoms with Crippen molar-refractivity contribution in [2.45, 2.75) is 40.0 Å². The van der Waals surface area contributed by atoms with Crippen LogP contribution in [0.1, 0.15) is 38.1 Å². The lowest BCUT2D eigenvalue weighted by Gasteiger charge is -2.11. The normalized spacial score (nSPS) is 10.9. The Kier molecular flexibility index (Phi) is 5.69. The molecule has 0 aliphatic rings. The zero-order valence-corrected chi connectivity index (χ0v) is 13.4. The van der Waals surface area contributed by atoms with E-state index in [0.29, 0.717) is 24.7 Å². The molecule has 2 rings (SSSR count). The average Bonchev–Trinajstić information content (AvgIpc) is 2.98. The average molecular weight is 301 g/mol. The second-order valence-electron chi connectivity index (χ2n) is 5.42. The zero-order valence-electron chi connectivity index (χ0n) is 13.4. The summed E-state index contributed by atoms with van der Waals surface area (Å²) in [7, 11) is 0. The van der Waals surface area contributed by atoms with Crippen molar-refractivity contribution in [1.82, 2.24) is 15.5 Å². The van der Waals surface area contributed by atoms with Gasteiger partial charge in [-0.2, -0.15) is 0 Å². The lowest BCUT2D eigenvalue weighted by molar-refractivity contribution is -0.125. The summed E-state index contributed by atoms with van der Waals surface area (Å²) in [6.45, 7) is 6.61. The van der Waals surface area contributed by atoms with Crippen molar-refractivity contribution in [3.63, 3.8) is 0 Å².